The van der Waals surface area contributed by atoms with Crippen molar-refractivity contribution in [3.05, 3.63) is 36.4 Å². The Kier molecular flexibility index (Phi) is 4.62. The van der Waals surface area contributed by atoms with Gasteiger partial charge in [-0.3, -0.25) is 0 Å². The van der Waals surface area contributed by atoms with Crippen LogP contribution in [0.4, 0.5) is 10.3 Å². The van der Waals surface area contributed by atoms with E-state index in [9.17, 15) is 4.39 Å². The van der Waals surface area contributed by atoms with Crippen LogP contribution in [-0.2, 0) is 6.54 Å². The Labute approximate surface area is 173 Å². The summed E-state index contributed by atoms with van der Waals surface area (Å²) in [7, 11) is 4.23. The van der Waals surface area contributed by atoms with Gasteiger partial charge in [-0.05, 0) is 52.1 Å². The van der Waals surface area contributed by atoms with Crippen LogP contribution in [0.5, 0.6) is 0 Å². The third-order valence-corrected chi connectivity index (χ3v) is 5.96. The van der Waals surface area contributed by atoms with Gasteiger partial charge in [0.05, 0.1) is 24.0 Å². The van der Waals surface area contributed by atoms with Crippen molar-refractivity contribution in [3.8, 4) is 11.3 Å². The Bertz CT molecular complexity index is 1200. The number of halogens is 1. The summed E-state index contributed by atoms with van der Waals surface area (Å²) in [6.07, 6.45) is 5.93. The molecule has 4 heterocycles. The van der Waals surface area contributed by atoms with Crippen LogP contribution in [0.25, 0.3) is 27.9 Å². The van der Waals surface area contributed by atoms with Crippen molar-refractivity contribution in [1.29, 1.82) is 0 Å². The highest BCUT2D eigenvalue weighted by Crippen LogP contribution is 2.28. The Morgan fingerprint density at radius 3 is 2.80 bits per heavy atom. The molecule has 1 N–H and O–H groups in total. The van der Waals surface area contributed by atoms with E-state index in [0.717, 1.165) is 41.0 Å². The standard InChI is InChI=1S/C21H25FN8/c1-13-24-18-5-4-17(26-20(18)29(13)9-7-22)16-6-8-30-19(16)12-23-21(27-30)25-14-10-15(11-14)28(2)3/h4-6,8,12,14-15H,7,9-11H2,1-3H3,(H,25,27)/t14-,15-. The molecule has 0 aliphatic heterocycles. The molecule has 1 aliphatic rings. The molecule has 0 amide bonds. The van der Waals surface area contributed by atoms with Crippen molar-refractivity contribution in [2.24, 2.45) is 0 Å². The lowest BCUT2D eigenvalue weighted by Crippen LogP contribution is -2.47. The summed E-state index contributed by atoms with van der Waals surface area (Å²) in [5, 5.41) is 8.03. The second kappa shape index (κ2) is 7.32. The van der Waals surface area contributed by atoms with Crippen LogP contribution in [0.1, 0.15) is 18.7 Å². The van der Waals surface area contributed by atoms with Crippen molar-refractivity contribution in [2.75, 3.05) is 26.1 Å². The Morgan fingerprint density at radius 2 is 2.03 bits per heavy atom. The molecule has 156 valence electrons. The fourth-order valence-electron chi connectivity index (χ4n) is 4.11. The fourth-order valence-corrected chi connectivity index (χ4v) is 4.11. The maximum Gasteiger partial charge on any atom is 0.241 e. The molecule has 5 rings (SSSR count). The zero-order valence-electron chi connectivity index (χ0n) is 17.4. The van der Waals surface area contributed by atoms with Crippen molar-refractivity contribution in [3.63, 3.8) is 0 Å². The lowest BCUT2D eigenvalue weighted by atomic mass is 9.86. The lowest BCUT2D eigenvalue weighted by molar-refractivity contribution is 0.177. The first-order valence-corrected chi connectivity index (χ1v) is 10.2. The number of hydrogen-bond donors (Lipinski definition) is 1. The van der Waals surface area contributed by atoms with Crippen LogP contribution in [0.15, 0.2) is 30.6 Å². The smallest absolute Gasteiger partial charge is 0.241 e. The van der Waals surface area contributed by atoms with E-state index in [1.54, 1.807) is 0 Å². The minimum absolute atomic E-state index is 0.253. The van der Waals surface area contributed by atoms with Crippen LogP contribution in [0.3, 0.4) is 0 Å². The summed E-state index contributed by atoms with van der Waals surface area (Å²) in [4.78, 5) is 16.0. The van der Waals surface area contributed by atoms with Gasteiger partial charge in [0.2, 0.25) is 5.95 Å². The first kappa shape index (κ1) is 18.9. The van der Waals surface area contributed by atoms with Gasteiger partial charge in [-0.25, -0.2) is 23.9 Å². The highest BCUT2D eigenvalue weighted by molar-refractivity contribution is 5.82. The number of nitrogens with zero attached hydrogens (tertiary/aromatic N) is 7. The molecule has 0 bridgehead atoms. The number of pyridine rings is 1. The normalized spacial score (nSPS) is 19.0. The van der Waals surface area contributed by atoms with Crippen molar-refractivity contribution >= 4 is 22.6 Å². The Balaban J connectivity index is 1.43. The molecule has 4 aromatic rings. The maximum absolute atomic E-state index is 13.0. The molecule has 0 aromatic carbocycles. The number of nitrogens with one attached hydrogen (secondary N) is 1. The lowest BCUT2D eigenvalue weighted by Gasteiger charge is -2.39. The molecule has 9 heteroatoms. The maximum atomic E-state index is 13.0. The fraction of sp³-hybridized carbons (Fsp3) is 0.429. The molecule has 0 spiro atoms. The number of fused-ring (bicyclic) bond motifs is 2. The highest BCUT2D eigenvalue weighted by Gasteiger charge is 2.31. The van der Waals surface area contributed by atoms with Crippen molar-refractivity contribution in [2.45, 2.75) is 38.4 Å². The third-order valence-electron chi connectivity index (χ3n) is 5.96. The molecule has 30 heavy (non-hydrogen) atoms. The summed E-state index contributed by atoms with van der Waals surface area (Å²) in [6.45, 7) is 1.67. The van der Waals surface area contributed by atoms with E-state index in [0.29, 0.717) is 23.7 Å². The first-order chi connectivity index (χ1) is 14.5. The van der Waals surface area contributed by atoms with Crippen LogP contribution in [0.2, 0.25) is 0 Å². The summed E-state index contributed by atoms with van der Waals surface area (Å²) < 4.78 is 16.6. The van der Waals surface area contributed by atoms with Crippen LogP contribution in [-0.4, -0.2) is 66.9 Å². The van der Waals surface area contributed by atoms with Gasteiger partial charge >= 0.3 is 0 Å². The van der Waals surface area contributed by atoms with Gasteiger partial charge in [0, 0.05) is 23.8 Å². The van der Waals surface area contributed by atoms with Gasteiger partial charge in [-0.2, -0.15) is 0 Å². The predicted octanol–water partition coefficient (Wildman–Crippen LogP) is 2.92. The van der Waals surface area contributed by atoms with Gasteiger partial charge in [-0.15, -0.1) is 5.10 Å². The van der Waals surface area contributed by atoms with Gasteiger partial charge in [-0.1, -0.05) is 0 Å². The molecule has 1 aliphatic carbocycles. The molecular weight excluding hydrogens is 383 g/mol. The summed E-state index contributed by atoms with van der Waals surface area (Å²) in [6, 6.07) is 6.88. The first-order valence-electron chi connectivity index (χ1n) is 10.2. The largest absolute Gasteiger partial charge is 0.350 e. The van der Waals surface area contributed by atoms with Crippen molar-refractivity contribution in [1.82, 2.24) is 34.0 Å². The number of anilines is 1. The predicted molar refractivity (Wildman–Crippen MR) is 114 cm³/mol. The van der Waals surface area contributed by atoms with E-state index in [1.165, 1.54) is 0 Å². The minimum atomic E-state index is -0.451. The van der Waals surface area contributed by atoms with E-state index >= 15 is 0 Å². The van der Waals surface area contributed by atoms with Crippen LogP contribution in [0, 0.1) is 6.92 Å². The molecule has 8 nitrogen and oxygen atoms in total. The number of aryl methyl sites for hydroxylation is 2. The molecule has 0 saturated heterocycles. The molecular formula is C21H25FN8. The molecule has 1 saturated carbocycles. The number of imidazole rings is 1. The topological polar surface area (TPSA) is 76.2 Å². The van der Waals surface area contributed by atoms with E-state index in [1.807, 2.05) is 46.6 Å². The second-order valence-electron chi connectivity index (χ2n) is 8.11. The van der Waals surface area contributed by atoms with E-state index in [-0.39, 0.29) is 6.54 Å². The SMILES string of the molecule is Cc1nc2ccc(-c3ccn4nc(N[C@H]5C[C@H](N(C)C)C5)ncc34)nc2n1CCF. The Morgan fingerprint density at radius 1 is 1.20 bits per heavy atom. The minimum Gasteiger partial charge on any atom is -0.350 e. The van der Waals surface area contributed by atoms with Gasteiger partial charge in [0.25, 0.3) is 0 Å². The van der Waals surface area contributed by atoms with E-state index < -0.39 is 6.67 Å². The van der Waals surface area contributed by atoms with Crippen molar-refractivity contribution < 1.29 is 4.39 Å². The summed E-state index contributed by atoms with van der Waals surface area (Å²) in [5.41, 5.74) is 4.07. The summed E-state index contributed by atoms with van der Waals surface area (Å²) in [5.74, 6) is 1.40. The zero-order chi connectivity index (χ0) is 20.8. The van der Waals surface area contributed by atoms with Gasteiger partial charge in [0.15, 0.2) is 5.65 Å². The quantitative estimate of drug-likeness (QED) is 0.529. The van der Waals surface area contributed by atoms with Gasteiger partial charge in [0.1, 0.15) is 18.0 Å². The number of alkyl halides is 1. The number of hydrogen-bond acceptors (Lipinski definition) is 6. The average molecular weight is 408 g/mol. The average Bonchev–Trinajstić information content (AvgIpc) is 3.24. The number of rotatable bonds is 6. The molecule has 0 atom stereocenters. The molecule has 1 fully saturated rings. The van der Waals surface area contributed by atoms with Crippen LogP contribution < -0.4 is 5.32 Å². The number of aromatic nitrogens is 6. The molecule has 0 radical (unpaired) electrons. The monoisotopic (exact) mass is 408 g/mol. The molecule has 0 unspecified atom stereocenters. The van der Waals surface area contributed by atoms with E-state index in [4.69, 9.17) is 4.98 Å². The Hall–Kier alpha value is -3.07. The molecule has 4 aromatic heterocycles. The third kappa shape index (κ3) is 3.19. The summed E-state index contributed by atoms with van der Waals surface area (Å²) >= 11 is 0. The van der Waals surface area contributed by atoms with Crippen LogP contribution >= 0.6 is 0 Å². The zero-order valence-corrected chi connectivity index (χ0v) is 17.4. The second-order valence-corrected chi connectivity index (χ2v) is 8.11. The van der Waals surface area contributed by atoms with Gasteiger partial charge < -0.3 is 14.8 Å². The highest BCUT2D eigenvalue weighted by atomic mass is 19.1. The van der Waals surface area contributed by atoms with E-state index in [2.05, 4.69) is 39.4 Å².